The first-order valence-corrected chi connectivity index (χ1v) is 10.7. The molecule has 1 amide bonds. The zero-order valence-corrected chi connectivity index (χ0v) is 16.2. The molecular weight excluding hydrogens is 400 g/mol. The number of carbonyl (C=O) groups is 1. The zero-order valence-electron chi connectivity index (χ0n) is 14.5. The molecule has 0 aliphatic carbocycles. The molecular formula is C19H16N2O5S2. The van der Waals surface area contributed by atoms with E-state index in [1.54, 1.807) is 35.7 Å². The summed E-state index contributed by atoms with van der Waals surface area (Å²) in [5, 5.41) is 14.2. The topological polar surface area (TPSA) is 106 Å². The summed E-state index contributed by atoms with van der Waals surface area (Å²) in [5.41, 5.74) is 0.0901. The van der Waals surface area contributed by atoms with E-state index in [9.17, 15) is 23.3 Å². The maximum Gasteiger partial charge on any atom is 0.269 e. The normalized spacial score (nSPS) is 12.3. The summed E-state index contributed by atoms with van der Waals surface area (Å²) in [6.45, 7) is -0.117. The number of nitrogens with zero attached hydrogens (tertiary/aromatic N) is 1. The Hall–Kier alpha value is -3.04. The summed E-state index contributed by atoms with van der Waals surface area (Å²) in [5.74, 6) is -0.500. The van der Waals surface area contributed by atoms with E-state index in [-0.39, 0.29) is 22.7 Å². The van der Waals surface area contributed by atoms with Crippen LogP contribution in [-0.4, -0.2) is 25.8 Å². The summed E-state index contributed by atoms with van der Waals surface area (Å²) < 4.78 is 26.2. The van der Waals surface area contributed by atoms with Crippen molar-refractivity contribution in [3.05, 3.63) is 92.7 Å². The van der Waals surface area contributed by atoms with Crippen molar-refractivity contribution in [3.63, 3.8) is 0 Å². The van der Waals surface area contributed by atoms with Gasteiger partial charge in [-0.2, -0.15) is 0 Å². The number of hydrogen-bond acceptors (Lipinski definition) is 6. The van der Waals surface area contributed by atoms with Crippen LogP contribution < -0.4 is 5.32 Å². The Morgan fingerprint density at radius 1 is 1.04 bits per heavy atom. The molecule has 1 atom stereocenters. The van der Waals surface area contributed by atoms with Crippen LogP contribution in [0.2, 0.25) is 0 Å². The van der Waals surface area contributed by atoms with Crippen LogP contribution in [0.5, 0.6) is 0 Å². The maximum absolute atomic E-state index is 13.1. The lowest BCUT2D eigenvalue weighted by atomic mass is 10.2. The second-order valence-electron chi connectivity index (χ2n) is 5.88. The van der Waals surface area contributed by atoms with Gasteiger partial charge in [-0.25, -0.2) is 8.42 Å². The van der Waals surface area contributed by atoms with Gasteiger partial charge in [0.25, 0.3) is 11.6 Å². The second-order valence-corrected chi connectivity index (χ2v) is 8.99. The molecule has 1 heterocycles. The lowest BCUT2D eigenvalue weighted by Crippen LogP contribution is -2.31. The molecule has 3 aromatic rings. The molecule has 0 aliphatic heterocycles. The van der Waals surface area contributed by atoms with Crippen LogP contribution in [0, 0.1) is 10.1 Å². The Bertz CT molecular complexity index is 1060. The van der Waals surface area contributed by atoms with Crippen molar-refractivity contribution >= 4 is 32.8 Å². The van der Waals surface area contributed by atoms with Gasteiger partial charge < -0.3 is 5.32 Å². The number of thiophene rings is 1. The Morgan fingerprint density at radius 2 is 1.71 bits per heavy atom. The average Bonchev–Trinajstić information content (AvgIpc) is 3.23. The number of hydrogen-bond donors (Lipinski definition) is 1. The molecule has 0 saturated heterocycles. The number of amides is 1. The molecule has 2 aromatic carbocycles. The highest BCUT2D eigenvalue weighted by atomic mass is 32.2. The molecule has 0 aliphatic rings. The summed E-state index contributed by atoms with van der Waals surface area (Å²) in [4.78, 5) is 23.3. The number of nitro benzene ring substituents is 1. The van der Waals surface area contributed by atoms with Gasteiger partial charge in [-0.05, 0) is 35.7 Å². The van der Waals surface area contributed by atoms with Crippen LogP contribution in [0.4, 0.5) is 5.69 Å². The summed E-state index contributed by atoms with van der Waals surface area (Å²) in [6, 6.07) is 16.7. The van der Waals surface area contributed by atoms with E-state index in [0.717, 1.165) is 0 Å². The minimum atomic E-state index is -3.71. The predicted molar refractivity (Wildman–Crippen MR) is 106 cm³/mol. The Balaban J connectivity index is 1.81. The third kappa shape index (κ3) is 4.26. The Labute approximate surface area is 165 Å². The fourth-order valence-corrected chi connectivity index (χ4v) is 5.44. The van der Waals surface area contributed by atoms with Gasteiger partial charge in [0.1, 0.15) is 5.25 Å². The Morgan fingerprint density at radius 3 is 2.29 bits per heavy atom. The highest BCUT2D eigenvalue weighted by Crippen LogP contribution is 2.31. The molecule has 9 heteroatoms. The lowest BCUT2D eigenvalue weighted by Gasteiger charge is -2.17. The third-order valence-corrected chi connectivity index (χ3v) is 7.33. The predicted octanol–water partition coefficient (Wildman–Crippen LogP) is 3.60. The average molecular weight is 416 g/mol. The molecule has 1 N–H and O–H groups in total. The molecule has 7 nitrogen and oxygen atoms in total. The van der Waals surface area contributed by atoms with Gasteiger partial charge in [-0.15, -0.1) is 11.3 Å². The van der Waals surface area contributed by atoms with Gasteiger partial charge in [-0.3, -0.25) is 14.9 Å². The molecule has 1 unspecified atom stereocenters. The second kappa shape index (κ2) is 8.32. The summed E-state index contributed by atoms with van der Waals surface area (Å²) in [6.07, 6.45) is 0. The van der Waals surface area contributed by atoms with Gasteiger partial charge in [0, 0.05) is 29.1 Å². The van der Waals surface area contributed by atoms with Crippen molar-refractivity contribution in [1.82, 2.24) is 5.32 Å². The fraction of sp³-hybridized carbons (Fsp3) is 0.105. The van der Waals surface area contributed by atoms with Gasteiger partial charge in [0.15, 0.2) is 9.84 Å². The molecule has 0 saturated carbocycles. The first-order valence-electron chi connectivity index (χ1n) is 8.24. The number of non-ortho nitro benzene ring substituents is 1. The first kappa shape index (κ1) is 19.7. The third-order valence-electron chi connectivity index (χ3n) is 4.10. The number of sulfone groups is 1. The van der Waals surface area contributed by atoms with E-state index >= 15 is 0 Å². The van der Waals surface area contributed by atoms with Crippen molar-refractivity contribution < 1.29 is 18.1 Å². The van der Waals surface area contributed by atoms with Crippen LogP contribution in [0.1, 0.15) is 20.5 Å². The number of nitrogens with one attached hydrogen (secondary N) is 1. The van der Waals surface area contributed by atoms with Crippen molar-refractivity contribution in [2.75, 3.05) is 6.54 Å². The smallest absolute Gasteiger partial charge is 0.269 e. The van der Waals surface area contributed by atoms with E-state index in [1.807, 2.05) is 0 Å². The molecule has 0 fully saturated rings. The molecule has 0 radical (unpaired) electrons. The maximum atomic E-state index is 13.1. The van der Waals surface area contributed by atoms with Crippen molar-refractivity contribution in [2.24, 2.45) is 0 Å². The van der Waals surface area contributed by atoms with Crippen LogP contribution in [0.25, 0.3) is 0 Å². The minimum absolute atomic E-state index is 0.117. The Kier molecular flexibility index (Phi) is 5.86. The van der Waals surface area contributed by atoms with E-state index in [4.69, 9.17) is 0 Å². The largest absolute Gasteiger partial charge is 0.350 e. The highest BCUT2D eigenvalue weighted by Gasteiger charge is 2.30. The zero-order chi connectivity index (χ0) is 20.1. The highest BCUT2D eigenvalue weighted by molar-refractivity contribution is 7.91. The van der Waals surface area contributed by atoms with Crippen molar-refractivity contribution in [1.29, 1.82) is 0 Å². The molecule has 1 aromatic heterocycles. The molecule has 28 heavy (non-hydrogen) atoms. The van der Waals surface area contributed by atoms with Crippen LogP contribution in [-0.2, 0) is 9.84 Å². The van der Waals surface area contributed by atoms with Gasteiger partial charge >= 0.3 is 0 Å². The SMILES string of the molecule is O=C(NCC(c1cccs1)S(=O)(=O)c1ccccc1)c1ccc([N+](=O)[O-])cc1. The standard InChI is InChI=1S/C19H16N2O5S2/c22-19(14-8-10-15(11-9-14)21(23)24)20-13-18(17-7-4-12-27-17)28(25,26)16-5-2-1-3-6-16/h1-12,18H,13H2,(H,20,22). The summed E-state index contributed by atoms with van der Waals surface area (Å²) in [7, 11) is -3.71. The quantitative estimate of drug-likeness (QED) is 0.468. The first-order chi connectivity index (χ1) is 13.4. The molecule has 0 spiro atoms. The number of carbonyl (C=O) groups excluding carboxylic acids is 1. The number of nitro groups is 1. The number of benzene rings is 2. The fourth-order valence-electron chi connectivity index (χ4n) is 2.63. The van der Waals surface area contributed by atoms with Gasteiger partial charge in [0.2, 0.25) is 0 Å². The van der Waals surface area contributed by atoms with Crippen molar-refractivity contribution in [3.8, 4) is 0 Å². The van der Waals surface area contributed by atoms with E-state index in [1.165, 1.54) is 47.7 Å². The lowest BCUT2D eigenvalue weighted by molar-refractivity contribution is -0.384. The molecule has 144 valence electrons. The van der Waals surface area contributed by atoms with Gasteiger partial charge in [0.05, 0.1) is 9.82 Å². The number of rotatable bonds is 7. The monoisotopic (exact) mass is 416 g/mol. The van der Waals surface area contributed by atoms with E-state index < -0.39 is 25.9 Å². The van der Waals surface area contributed by atoms with Crippen LogP contribution in [0.15, 0.2) is 77.0 Å². The molecule has 0 bridgehead atoms. The molecule has 3 rings (SSSR count). The minimum Gasteiger partial charge on any atom is -0.350 e. The van der Waals surface area contributed by atoms with E-state index in [2.05, 4.69) is 5.32 Å². The van der Waals surface area contributed by atoms with Crippen LogP contribution in [0.3, 0.4) is 0 Å². The van der Waals surface area contributed by atoms with E-state index in [0.29, 0.717) is 4.88 Å². The van der Waals surface area contributed by atoms with Crippen molar-refractivity contribution in [2.45, 2.75) is 10.1 Å². The summed E-state index contributed by atoms with van der Waals surface area (Å²) >= 11 is 1.30. The van der Waals surface area contributed by atoms with Crippen LogP contribution >= 0.6 is 11.3 Å². The van der Waals surface area contributed by atoms with Gasteiger partial charge in [-0.1, -0.05) is 24.3 Å².